The van der Waals surface area contributed by atoms with E-state index in [9.17, 15) is 4.79 Å². The third-order valence-electron chi connectivity index (χ3n) is 3.22. The number of nitrogens with one attached hydrogen (secondary N) is 1. The number of carbonyl (C=O) groups is 1. The number of rotatable bonds is 7. The summed E-state index contributed by atoms with van der Waals surface area (Å²) in [6, 6.07) is 15.2. The van der Waals surface area contributed by atoms with Crippen LogP contribution >= 0.6 is 23.5 Å². The van der Waals surface area contributed by atoms with Crippen LogP contribution in [0.1, 0.15) is 5.56 Å². The Balaban J connectivity index is 2.00. The number of methoxy groups -OCH3 is 1. The zero-order valence-corrected chi connectivity index (χ0v) is 15.3. The van der Waals surface area contributed by atoms with Crippen LogP contribution in [0.15, 0.2) is 71.5 Å². The maximum absolute atomic E-state index is 12.3. The van der Waals surface area contributed by atoms with Crippen LogP contribution in [0.4, 0.5) is 5.69 Å². The first-order chi connectivity index (χ1) is 11.5. The molecule has 24 heavy (non-hydrogen) atoms. The lowest BCUT2D eigenvalue weighted by atomic mass is 10.2. The van der Waals surface area contributed by atoms with E-state index in [2.05, 4.69) is 18.5 Å². The van der Waals surface area contributed by atoms with Gasteiger partial charge in [-0.15, -0.1) is 11.8 Å². The fourth-order valence-corrected chi connectivity index (χ4v) is 3.10. The van der Waals surface area contributed by atoms with Crippen LogP contribution in [0.3, 0.4) is 0 Å². The average Bonchev–Trinajstić information content (AvgIpc) is 2.61. The van der Waals surface area contributed by atoms with E-state index in [1.165, 1.54) is 11.8 Å². The summed E-state index contributed by atoms with van der Waals surface area (Å²) in [5.41, 5.74) is 1.65. The third kappa shape index (κ3) is 4.94. The second kappa shape index (κ2) is 8.66. The Hall–Kier alpha value is -2.11. The van der Waals surface area contributed by atoms with E-state index in [1.807, 2.05) is 42.7 Å². The molecule has 0 spiro atoms. The van der Waals surface area contributed by atoms with Crippen LogP contribution in [0.5, 0.6) is 5.75 Å². The van der Waals surface area contributed by atoms with Gasteiger partial charge in [-0.25, -0.2) is 0 Å². The number of carbonyl (C=O) groups excluding carboxylic acids is 1. The minimum Gasteiger partial charge on any atom is -0.497 e. The quantitative estimate of drug-likeness (QED) is 0.541. The number of thioether (sulfide) groups is 2. The molecule has 0 fully saturated rings. The van der Waals surface area contributed by atoms with Gasteiger partial charge in [0.05, 0.1) is 12.0 Å². The molecule has 0 bridgehead atoms. The van der Waals surface area contributed by atoms with Crippen molar-refractivity contribution in [3.8, 4) is 5.75 Å². The van der Waals surface area contributed by atoms with Crippen LogP contribution in [0.2, 0.25) is 0 Å². The normalized spacial score (nSPS) is 10.1. The lowest BCUT2D eigenvalue weighted by molar-refractivity contribution is -0.112. The molecule has 0 aliphatic heterocycles. The number of anilines is 1. The summed E-state index contributed by atoms with van der Waals surface area (Å²) in [7, 11) is 1.59. The van der Waals surface area contributed by atoms with E-state index in [0.717, 1.165) is 15.4 Å². The highest BCUT2D eigenvalue weighted by atomic mass is 32.2. The largest absolute Gasteiger partial charge is 0.497 e. The van der Waals surface area contributed by atoms with Crippen molar-refractivity contribution in [2.45, 2.75) is 4.90 Å². The lowest BCUT2D eigenvalue weighted by Crippen LogP contribution is -2.12. The van der Waals surface area contributed by atoms with E-state index in [0.29, 0.717) is 16.3 Å². The summed E-state index contributed by atoms with van der Waals surface area (Å²) in [6.07, 6.45) is 2.02. The van der Waals surface area contributed by atoms with Gasteiger partial charge in [-0.05, 0) is 36.1 Å². The minimum absolute atomic E-state index is 0.254. The molecule has 0 saturated heterocycles. The highest BCUT2D eigenvalue weighted by Crippen LogP contribution is 2.33. The molecule has 2 aromatic rings. The van der Waals surface area contributed by atoms with Gasteiger partial charge >= 0.3 is 0 Å². The molecular weight excluding hydrogens is 338 g/mol. The number of hydrogen-bond acceptors (Lipinski definition) is 4. The SMILES string of the molecule is C=C(SC(=C)c1cccc(SC)c1)C(=O)Nc1cccc(OC)c1. The Kier molecular flexibility index (Phi) is 6.58. The Bertz CT molecular complexity index is 771. The monoisotopic (exact) mass is 357 g/mol. The first-order valence-electron chi connectivity index (χ1n) is 7.19. The van der Waals surface area contributed by atoms with Gasteiger partial charge in [-0.1, -0.05) is 43.1 Å². The number of ether oxygens (including phenoxy) is 1. The van der Waals surface area contributed by atoms with Crippen molar-refractivity contribution in [3.63, 3.8) is 0 Å². The predicted octanol–water partition coefficient (Wildman–Crippen LogP) is 5.27. The Labute approximate surface area is 151 Å². The highest BCUT2D eigenvalue weighted by Gasteiger charge is 2.11. The zero-order chi connectivity index (χ0) is 17.5. The van der Waals surface area contributed by atoms with E-state index in [1.54, 1.807) is 31.0 Å². The van der Waals surface area contributed by atoms with Gasteiger partial charge in [0.25, 0.3) is 5.91 Å². The fourth-order valence-electron chi connectivity index (χ4n) is 1.95. The molecule has 5 heteroatoms. The molecule has 0 aliphatic carbocycles. The summed E-state index contributed by atoms with van der Waals surface area (Å²) in [4.78, 5) is 14.6. The molecule has 0 atom stereocenters. The molecule has 1 N–H and O–H groups in total. The molecule has 124 valence electrons. The summed E-state index contributed by atoms with van der Waals surface area (Å²) < 4.78 is 5.15. The number of benzene rings is 2. The fraction of sp³-hybridized carbons (Fsp3) is 0.105. The summed E-state index contributed by atoms with van der Waals surface area (Å²) >= 11 is 2.93. The molecule has 0 unspecified atom stereocenters. The van der Waals surface area contributed by atoms with E-state index in [-0.39, 0.29) is 5.91 Å². The zero-order valence-electron chi connectivity index (χ0n) is 13.7. The molecule has 0 aliphatic rings. The maximum atomic E-state index is 12.3. The molecule has 0 saturated carbocycles. The Morgan fingerprint density at radius 2 is 1.88 bits per heavy atom. The van der Waals surface area contributed by atoms with E-state index >= 15 is 0 Å². The summed E-state index contributed by atoms with van der Waals surface area (Å²) in [5, 5.41) is 2.81. The molecule has 0 radical (unpaired) electrons. The highest BCUT2D eigenvalue weighted by molar-refractivity contribution is 8.12. The third-order valence-corrected chi connectivity index (χ3v) is 4.86. The van der Waals surface area contributed by atoms with Crippen LogP contribution in [-0.4, -0.2) is 19.3 Å². The molecule has 2 aromatic carbocycles. The van der Waals surface area contributed by atoms with Crippen LogP contribution in [0.25, 0.3) is 4.91 Å². The molecule has 0 heterocycles. The standard InChI is InChI=1S/C19H19NO2S2/c1-13(15-7-5-10-18(11-15)23-4)24-14(2)19(21)20-16-8-6-9-17(12-16)22-3/h5-12H,1-2H2,3-4H3,(H,20,21). The first-order valence-corrected chi connectivity index (χ1v) is 9.23. The van der Waals surface area contributed by atoms with Crippen molar-refractivity contribution in [1.29, 1.82) is 0 Å². The maximum Gasteiger partial charge on any atom is 0.261 e. The van der Waals surface area contributed by atoms with Crippen molar-refractivity contribution < 1.29 is 9.53 Å². The van der Waals surface area contributed by atoms with Crippen LogP contribution in [-0.2, 0) is 4.79 Å². The smallest absolute Gasteiger partial charge is 0.261 e. The van der Waals surface area contributed by atoms with Crippen molar-refractivity contribution >= 4 is 40.0 Å². The van der Waals surface area contributed by atoms with Gasteiger partial charge in [-0.3, -0.25) is 4.79 Å². The molecule has 0 aromatic heterocycles. The first kappa shape index (κ1) is 18.2. The molecular formula is C19H19NO2S2. The van der Waals surface area contributed by atoms with Gasteiger partial charge in [0.15, 0.2) is 0 Å². The Morgan fingerprint density at radius 1 is 1.12 bits per heavy atom. The Morgan fingerprint density at radius 3 is 2.58 bits per heavy atom. The number of amides is 1. The average molecular weight is 358 g/mol. The molecule has 3 nitrogen and oxygen atoms in total. The predicted molar refractivity (Wildman–Crippen MR) is 106 cm³/mol. The van der Waals surface area contributed by atoms with Gasteiger partial charge in [-0.2, -0.15) is 0 Å². The summed E-state index contributed by atoms with van der Waals surface area (Å²) in [5.74, 6) is 0.430. The van der Waals surface area contributed by atoms with Crippen LogP contribution < -0.4 is 10.1 Å². The van der Waals surface area contributed by atoms with Crippen molar-refractivity contribution in [3.05, 3.63) is 72.2 Å². The van der Waals surface area contributed by atoms with Gasteiger partial charge in [0.2, 0.25) is 0 Å². The van der Waals surface area contributed by atoms with Crippen LogP contribution in [0, 0.1) is 0 Å². The molecule has 1 amide bonds. The second-order valence-corrected chi connectivity index (χ2v) is 6.94. The minimum atomic E-state index is -0.254. The van der Waals surface area contributed by atoms with E-state index < -0.39 is 0 Å². The van der Waals surface area contributed by atoms with Gasteiger partial charge in [0.1, 0.15) is 5.75 Å². The van der Waals surface area contributed by atoms with Gasteiger partial charge in [0, 0.05) is 21.6 Å². The topological polar surface area (TPSA) is 38.3 Å². The number of hydrogen-bond donors (Lipinski definition) is 1. The van der Waals surface area contributed by atoms with Crippen molar-refractivity contribution in [1.82, 2.24) is 0 Å². The van der Waals surface area contributed by atoms with Crippen molar-refractivity contribution in [2.75, 3.05) is 18.7 Å². The van der Waals surface area contributed by atoms with Gasteiger partial charge < -0.3 is 10.1 Å². The van der Waals surface area contributed by atoms with Crippen molar-refractivity contribution in [2.24, 2.45) is 0 Å². The lowest BCUT2D eigenvalue weighted by Gasteiger charge is -2.10. The second-order valence-electron chi connectivity index (χ2n) is 4.87. The van der Waals surface area contributed by atoms with E-state index in [4.69, 9.17) is 4.74 Å². The summed E-state index contributed by atoms with van der Waals surface area (Å²) in [6.45, 7) is 7.91. The molecule has 2 rings (SSSR count).